The van der Waals surface area contributed by atoms with E-state index in [1.54, 1.807) is 0 Å². The predicted molar refractivity (Wildman–Crippen MR) is 101 cm³/mol. The summed E-state index contributed by atoms with van der Waals surface area (Å²) in [6.07, 6.45) is 0. The van der Waals surface area contributed by atoms with Crippen LogP contribution < -0.4 is 0 Å². The summed E-state index contributed by atoms with van der Waals surface area (Å²) in [5.41, 5.74) is 15.3. The third-order valence-corrected chi connectivity index (χ3v) is 5.87. The molecule has 0 unspecified atom stereocenters. The van der Waals surface area contributed by atoms with Crippen molar-refractivity contribution in [1.82, 2.24) is 0 Å². The Bertz CT molecular complexity index is 742. The molecule has 1 heteroatoms. The zero-order valence-corrected chi connectivity index (χ0v) is 15.9. The summed E-state index contributed by atoms with van der Waals surface area (Å²) in [6, 6.07) is 9.54. The van der Waals surface area contributed by atoms with Crippen LogP contribution in [0.25, 0.3) is 16.7 Å². The van der Waals surface area contributed by atoms with E-state index < -0.39 is 8.07 Å². The van der Waals surface area contributed by atoms with Gasteiger partial charge in [0.25, 0.3) is 0 Å². The van der Waals surface area contributed by atoms with E-state index in [1.807, 2.05) is 0 Å². The molecule has 0 spiro atoms. The first kappa shape index (κ1) is 15.3. The first-order valence-corrected chi connectivity index (χ1v) is 11.7. The molecule has 0 aromatic heterocycles. The Morgan fingerprint density at radius 1 is 0.591 bits per heavy atom. The Kier molecular flexibility index (Phi) is 3.45. The molecule has 0 N–H and O–H groups in total. The molecule has 0 saturated carbocycles. The van der Waals surface area contributed by atoms with Gasteiger partial charge in [-0.15, -0.1) is 0 Å². The van der Waals surface area contributed by atoms with Gasteiger partial charge in [-0.25, -0.2) is 0 Å². The van der Waals surface area contributed by atoms with Crippen molar-refractivity contribution in [1.29, 1.82) is 0 Å². The summed E-state index contributed by atoms with van der Waals surface area (Å²) >= 11 is 0. The molecule has 1 aliphatic rings. The summed E-state index contributed by atoms with van der Waals surface area (Å²) in [5, 5.41) is 0. The molecule has 1 aliphatic carbocycles. The molecule has 3 rings (SSSR count). The Balaban J connectivity index is 2.38. The maximum Gasteiger partial charge on any atom is 0.0695 e. The predicted octanol–water partition coefficient (Wildman–Crippen LogP) is 6.21. The number of hydrogen-bond donors (Lipinski definition) is 0. The van der Waals surface area contributed by atoms with Gasteiger partial charge in [-0.2, -0.15) is 0 Å². The summed E-state index contributed by atoms with van der Waals surface area (Å²) in [6.45, 7) is 16.1. The Hall–Kier alpha value is -1.60. The molecule has 2 aromatic carbocycles. The average molecular weight is 307 g/mol. The number of aryl methyl sites for hydroxylation is 4. The molecular weight excluding hydrogens is 280 g/mol. The largest absolute Gasteiger partial charge is 0.0867 e. The molecule has 0 saturated heterocycles. The molecule has 0 aliphatic heterocycles. The van der Waals surface area contributed by atoms with Crippen molar-refractivity contribution in [2.75, 3.05) is 0 Å². The zero-order chi connectivity index (χ0) is 16.2. The fourth-order valence-electron chi connectivity index (χ4n) is 3.26. The highest BCUT2D eigenvalue weighted by Crippen LogP contribution is 2.46. The maximum absolute atomic E-state index is 2.57. The second-order valence-electron chi connectivity index (χ2n) is 7.89. The van der Waals surface area contributed by atoms with Crippen LogP contribution in [0.5, 0.6) is 0 Å². The van der Waals surface area contributed by atoms with Crippen LogP contribution in [0.1, 0.15) is 33.4 Å². The topological polar surface area (TPSA) is 0 Å². The minimum atomic E-state index is -1.28. The molecule has 0 nitrogen and oxygen atoms in total. The number of fused-ring (bicyclic) bond motifs is 3. The Morgan fingerprint density at radius 3 is 1.23 bits per heavy atom. The van der Waals surface area contributed by atoms with Crippen molar-refractivity contribution < 1.29 is 0 Å². The van der Waals surface area contributed by atoms with E-state index in [2.05, 4.69) is 77.3 Å². The van der Waals surface area contributed by atoms with Gasteiger partial charge in [0.1, 0.15) is 0 Å². The lowest BCUT2D eigenvalue weighted by atomic mass is 9.98. The minimum absolute atomic E-state index is 1.28. The zero-order valence-electron chi connectivity index (χ0n) is 14.9. The normalized spacial score (nSPS) is 13.1. The van der Waals surface area contributed by atoms with Gasteiger partial charge < -0.3 is 0 Å². The molecule has 0 amide bonds. The van der Waals surface area contributed by atoms with E-state index >= 15 is 0 Å². The standard InChI is InChI=1S/C21H26Si/c1-13-8-17-18-9-14(2)16(4)11-20(18)21(12-22(5,6)7)19(17)10-15(13)3/h8-12H,1-7H3. The fourth-order valence-corrected chi connectivity index (χ4v) is 4.43. The van der Waals surface area contributed by atoms with E-state index in [0.29, 0.717) is 0 Å². The Morgan fingerprint density at radius 2 is 0.909 bits per heavy atom. The van der Waals surface area contributed by atoms with Crippen molar-refractivity contribution in [2.45, 2.75) is 47.3 Å². The van der Waals surface area contributed by atoms with Crippen LogP contribution in [0.15, 0.2) is 30.0 Å². The van der Waals surface area contributed by atoms with Crippen LogP contribution >= 0.6 is 0 Å². The second kappa shape index (κ2) is 4.96. The van der Waals surface area contributed by atoms with Crippen LogP contribution in [0, 0.1) is 27.7 Å². The van der Waals surface area contributed by atoms with E-state index in [-0.39, 0.29) is 0 Å². The molecule has 2 aromatic rings. The molecular formula is C21H26Si. The SMILES string of the molecule is Cc1cc2c(cc1C)-c1cc(C)c(C)cc1C2=C[Si](C)(C)C. The van der Waals surface area contributed by atoms with Crippen molar-refractivity contribution in [2.24, 2.45) is 0 Å². The van der Waals surface area contributed by atoms with Crippen molar-refractivity contribution in [3.05, 3.63) is 63.3 Å². The first-order valence-electron chi connectivity index (χ1n) is 8.14. The van der Waals surface area contributed by atoms with Gasteiger partial charge in [-0.3, -0.25) is 0 Å². The van der Waals surface area contributed by atoms with Gasteiger partial charge in [0.2, 0.25) is 0 Å². The summed E-state index contributed by atoms with van der Waals surface area (Å²) < 4.78 is 0. The molecule has 0 bridgehead atoms. The van der Waals surface area contributed by atoms with Gasteiger partial charge in [0, 0.05) is 0 Å². The highest BCUT2D eigenvalue weighted by atomic mass is 28.3. The lowest BCUT2D eigenvalue weighted by molar-refractivity contribution is 1.33. The molecule has 0 fully saturated rings. The van der Waals surface area contributed by atoms with E-state index in [0.717, 1.165) is 0 Å². The molecule has 114 valence electrons. The van der Waals surface area contributed by atoms with Crippen molar-refractivity contribution in [3.8, 4) is 11.1 Å². The molecule has 0 atom stereocenters. The molecule has 0 heterocycles. The average Bonchev–Trinajstić information content (AvgIpc) is 2.64. The van der Waals surface area contributed by atoms with E-state index in [1.165, 1.54) is 50.1 Å². The van der Waals surface area contributed by atoms with E-state index in [9.17, 15) is 0 Å². The highest BCUT2D eigenvalue weighted by Gasteiger charge is 2.26. The summed E-state index contributed by atoms with van der Waals surface area (Å²) in [7, 11) is -1.28. The van der Waals surface area contributed by atoms with Crippen LogP contribution in [0.4, 0.5) is 0 Å². The first-order chi connectivity index (χ1) is 10.2. The van der Waals surface area contributed by atoms with Crippen LogP contribution in [0.2, 0.25) is 19.6 Å². The highest BCUT2D eigenvalue weighted by molar-refractivity contribution is 6.82. The fraction of sp³-hybridized carbons (Fsp3) is 0.333. The number of hydrogen-bond acceptors (Lipinski definition) is 0. The van der Waals surface area contributed by atoms with Gasteiger partial charge in [-0.1, -0.05) is 49.6 Å². The second-order valence-corrected chi connectivity index (χ2v) is 12.9. The van der Waals surface area contributed by atoms with Gasteiger partial charge >= 0.3 is 0 Å². The van der Waals surface area contributed by atoms with Gasteiger partial charge in [0.05, 0.1) is 8.07 Å². The third kappa shape index (κ3) is 2.48. The van der Waals surface area contributed by atoms with E-state index in [4.69, 9.17) is 0 Å². The monoisotopic (exact) mass is 306 g/mol. The minimum Gasteiger partial charge on any atom is -0.0867 e. The van der Waals surface area contributed by atoms with Crippen LogP contribution in [-0.4, -0.2) is 8.07 Å². The molecule has 22 heavy (non-hydrogen) atoms. The quantitative estimate of drug-likeness (QED) is 0.469. The smallest absolute Gasteiger partial charge is 0.0695 e. The Labute approximate surface area is 135 Å². The van der Waals surface area contributed by atoms with Crippen LogP contribution in [-0.2, 0) is 0 Å². The summed E-state index contributed by atoms with van der Waals surface area (Å²) in [5.74, 6) is 0. The molecule has 0 radical (unpaired) electrons. The van der Waals surface area contributed by atoms with Gasteiger partial charge in [0.15, 0.2) is 0 Å². The maximum atomic E-state index is 2.57. The number of benzene rings is 2. The number of rotatable bonds is 1. The summed E-state index contributed by atoms with van der Waals surface area (Å²) in [4.78, 5) is 0. The third-order valence-electron chi connectivity index (χ3n) is 4.72. The van der Waals surface area contributed by atoms with Crippen molar-refractivity contribution in [3.63, 3.8) is 0 Å². The van der Waals surface area contributed by atoms with Gasteiger partial charge in [-0.05, 0) is 77.8 Å². The lowest BCUT2D eigenvalue weighted by Crippen LogP contribution is -2.16. The van der Waals surface area contributed by atoms with Crippen LogP contribution in [0.3, 0.4) is 0 Å². The lowest BCUT2D eigenvalue weighted by Gasteiger charge is -2.14. The van der Waals surface area contributed by atoms with Crippen molar-refractivity contribution >= 4 is 13.6 Å².